The van der Waals surface area contributed by atoms with Gasteiger partial charge in [-0.3, -0.25) is 0 Å². The van der Waals surface area contributed by atoms with Crippen molar-refractivity contribution in [2.24, 2.45) is 7.05 Å². The van der Waals surface area contributed by atoms with Gasteiger partial charge < -0.3 is 14.4 Å². The molecule has 0 saturated heterocycles. The Balaban J connectivity index is 1.71. The Hall–Kier alpha value is -1.78. The minimum absolute atomic E-state index is 0.547. The third kappa shape index (κ3) is 3.30. The third-order valence-corrected chi connectivity index (χ3v) is 6.92. The molecule has 0 amide bonds. The van der Waals surface area contributed by atoms with Crippen LogP contribution in [-0.2, 0) is 7.05 Å². The highest BCUT2D eigenvalue weighted by atomic mass is 35.5. The van der Waals surface area contributed by atoms with Crippen molar-refractivity contribution >= 4 is 74.8 Å². The van der Waals surface area contributed by atoms with Crippen LogP contribution in [-0.4, -0.2) is 18.7 Å². The van der Waals surface area contributed by atoms with Crippen LogP contribution in [0.5, 0.6) is 0 Å². The van der Waals surface area contributed by atoms with Crippen LogP contribution in [0.25, 0.3) is 17.0 Å². The predicted octanol–water partition coefficient (Wildman–Crippen LogP) is 7.54. The summed E-state index contributed by atoms with van der Waals surface area (Å²) >= 11 is 24.8. The lowest BCUT2D eigenvalue weighted by molar-refractivity contribution is 0.948. The Morgan fingerprint density at radius 2 is 1.28 bits per heavy atom. The van der Waals surface area contributed by atoms with Crippen LogP contribution < -0.4 is 9.80 Å². The van der Waals surface area contributed by atoms with Crippen molar-refractivity contribution in [2.75, 3.05) is 23.9 Å². The minimum atomic E-state index is 0.547. The van der Waals surface area contributed by atoms with E-state index >= 15 is 0 Å². The fraction of sp³-hybridized carbons (Fsp3) is 0.182. The summed E-state index contributed by atoms with van der Waals surface area (Å²) in [6.07, 6.45) is 6.20. The van der Waals surface area contributed by atoms with E-state index in [1.807, 2.05) is 51.5 Å². The highest BCUT2D eigenvalue weighted by Crippen LogP contribution is 2.44. The molecule has 1 aliphatic heterocycles. The van der Waals surface area contributed by atoms with E-state index in [9.17, 15) is 0 Å². The number of halogens is 4. The minimum Gasteiger partial charge on any atom is -0.344 e. The first-order chi connectivity index (χ1) is 13.7. The van der Waals surface area contributed by atoms with Gasteiger partial charge >= 0.3 is 0 Å². The van der Waals surface area contributed by atoms with Gasteiger partial charge in [-0.2, -0.15) is 0 Å². The van der Waals surface area contributed by atoms with E-state index in [1.165, 1.54) is 0 Å². The molecule has 7 heteroatoms. The summed E-state index contributed by atoms with van der Waals surface area (Å²) in [4.78, 5) is 4.19. The first-order valence-corrected chi connectivity index (χ1v) is 10.5. The fourth-order valence-electron chi connectivity index (χ4n) is 3.85. The van der Waals surface area contributed by atoms with E-state index in [0.29, 0.717) is 20.1 Å². The molecule has 1 aliphatic rings. The molecule has 2 heterocycles. The lowest BCUT2D eigenvalue weighted by Crippen LogP contribution is -2.21. The smallest absolute Gasteiger partial charge is 0.112 e. The monoisotopic (exact) mass is 465 g/mol. The molecular weight excluding hydrogens is 448 g/mol. The zero-order valence-corrected chi connectivity index (χ0v) is 19.4. The molecule has 4 rings (SSSR count). The standard InChI is InChI=1S/C22H19Cl4N3/c1-12-13-8-14(23)15(24)9-19(13)27(2)18(12)6-5-7-22-28(3)20-10-16(25)17(26)11-21(20)29(22)4/h5-11H,1-4H3. The maximum atomic E-state index is 6.21. The van der Waals surface area contributed by atoms with Gasteiger partial charge in [0.15, 0.2) is 0 Å². The number of nitrogens with zero attached hydrogens (tertiary/aromatic N) is 3. The number of hydrogen-bond acceptors (Lipinski definition) is 2. The second kappa shape index (κ2) is 7.48. The highest BCUT2D eigenvalue weighted by Gasteiger charge is 2.26. The number of aromatic nitrogens is 1. The molecule has 29 heavy (non-hydrogen) atoms. The zero-order valence-electron chi connectivity index (χ0n) is 16.4. The molecule has 0 bridgehead atoms. The van der Waals surface area contributed by atoms with Crippen molar-refractivity contribution in [3.8, 4) is 0 Å². The first-order valence-electron chi connectivity index (χ1n) is 8.99. The number of anilines is 2. The molecule has 150 valence electrons. The van der Waals surface area contributed by atoms with E-state index in [0.717, 1.165) is 39.4 Å². The average molecular weight is 467 g/mol. The molecule has 3 nitrogen and oxygen atoms in total. The Morgan fingerprint density at radius 3 is 1.86 bits per heavy atom. The van der Waals surface area contributed by atoms with Crippen LogP contribution in [0.3, 0.4) is 0 Å². The number of fused-ring (bicyclic) bond motifs is 2. The molecule has 0 fully saturated rings. The number of hydrogen-bond donors (Lipinski definition) is 0. The molecule has 2 aromatic carbocycles. The van der Waals surface area contributed by atoms with Crippen molar-refractivity contribution < 1.29 is 0 Å². The van der Waals surface area contributed by atoms with Gasteiger partial charge in [0.2, 0.25) is 0 Å². The summed E-state index contributed by atoms with van der Waals surface area (Å²) in [5.41, 5.74) is 5.35. The van der Waals surface area contributed by atoms with E-state index in [4.69, 9.17) is 46.4 Å². The summed E-state index contributed by atoms with van der Waals surface area (Å²) in [6.45, 7) is 2.09. The lowest BCUT2D eigenvalue weighted by atomic mass is 10.1. The van der Waals surface area contributed by atoms with Gasteiger partial charge in [0.1, 0.15) is 5.82 Å². The molecule has 3 aromatic rings. The Bertz CT molecular complexity index is 1120. The summed E-state index contributed by atoms with van der Waals surface area (Å²) in [5.74, 6) is 1.03. The molecule has 0 atom stereocenters. The molecule has 0 unspecified atom stereocenters. The van der Waals surface area contributed by atoms with E-state index in [1.54, 1.807) is 0 Å². The zero-order chi connectivity index (χ0) is 21.0. The average Bonchev–Trinajstić information content (AvgIpc) is 3.03. The van der Waals surface area contributed by atoms with Crippen LogP contribution >= 0.6 is 46.4 Å². The Labute approximate surface area is 190 Å². The van der Waals surface area contributed by atoms with Crippen LogP contribution in [0.1, 0.15) is 11.3 Å². The van der Waals surface area contributed by atoms with Crippen molar-refractivity contribution in [2.45, 2.75) is 6.92 Å². The maximum absolute atomic E-state index is 6.21. The first kappa shape index (κ1) is 20.5. The summed E-state index contributed by atoms with van der Waals surface area (Å²) in [6, 6.07) is 7.61. The van der Waals surface area contributed by atoms with Crippen molar-refractivity contribution in [1.82, 2.24) is 4.57 Å². The largest absolute Gasteiger partial charge is 0.344 e. The van der Waals surface area contributed by atoms with Crippen molar-refractivity contribution in [3.05, 3.63) is 73.6 Å². The second-order valence-electron chi connectivity index (χ2n) is 7.11. The SMILES string of the molecule is Cc1c(C=CC=C2N(C)c3cc(Cl)c(Cl)cc3N2C)n(C)c2cc(Cl)c(Cl)cc12. The van der Waals surface area contributed by atoms with E-state index in [2.05, 4.69) is 33.4 Å². The van der Waals surface area contributed by atoms with Gasteiger partial charge in [-0.25, -0.2) is 0 Å². The predicted molar refractivity (Wildman–Crippen MR) is 128 cm³/mol. The van der Waals surface area contributed by atoms with E-state index < -0.39 is 0 Å². The third-order valence-electron chi connectivity index (χ3n) is 5.48. The Morgan fingerprint density at radius 1 is 0.759 bits per heavy atom. The summed E-state index contributed by atoms with van der Waals surface area (Å²) < 4.78 is 2.12. The molecule has 0 radical (unpaired) electrons. The maximum Gasteiger partial charge on any atom is 0.112 e. The topological polar surface area (TPSA) is 11.4 Å². The molecule has 0 saturated carbocycles. The molecule has 0 aliphatic carbocycles. The molecule has 1 aromatic heterocycles. The number of rotatable bonds is 2. The molecule has 0 spiro atoms. The number of benzene rings is 2. The van der Waals surface area contributed by atoms with Gasteiger partial charge in [-0.05, 0) is 48.9 Å². The van der Waals surface area contributed by atoms with Gasteiger partial charge in [-0.1, -0.05) is 52.5 Å². The quantitative estimate of drug-likeness (QED) is 0.386. The van der Waals surface area contributed by atoms with Crippen LogP contribution in [0.4, 0.5) is 11.4 Å². The highest BCUT2D eigenvalue weighted by molar-refractivity contribution is 6.43. The lowest BCUT2D eigenvalue weighted by Gasteiger charge is -2.17. The van der Waals surface area contributed by atoms with Crippen LogP contribution in [0, 0.1) is 6.92 Å². The fourth-order valence-corrected chi connectivity index (χ4v) is 4.49. The van der Waals surface area contributed by atoms with E-state index in [-0.39, 0.29) is 0 Å². The van der Waals surface area contributed by atoms with Gasteiger partial charge in [0.05, 0.1) is 37.0 Å². The number of aryl methyl sites for hydroxylation is 2. The molecular formula is C22H19Cl4N3. The van der Waals surface area contributed by atoms with Gasteiger partial charge in [0, 0.05) is 32.2 Å². The Kier molecular flexibility index (Phi) is 5.28. The van der Waals surface area contributed by atoms with Gasteiger partial charge in [0.25, 0.3) is 0 Å². The molecule has 0 N–H and O–H groups in total. The van der Waals surface area contributed by atoms with Crippen LogP contribution in [0.2, 0.25) is 20.1 Å². The summed E-state index contributed by atoms with van der Waals surface area (Å²) in [5, 5.41) is 3.31. The van der Waals surface area contributed by atoms with Crippen LogP contribution in [0.15, 0.2) is 42.2 Å². The second-order valence-corrected chi connectivity index (χ2v) is 8.74. The summed E-state index contributed by atoms with van der Waals surface area (Å²) in [7, 11) is 6.05. The van der Waals surface area contributed by atoms with Crippen molar-refractivity contribution in [1.29, 1.82) is 0 Å². The normalized spacial score (nSPS) is 13.9. The number of allylic oxidation sites excluding steroid dienone is 2. The van der Waals surface area contributed by atoms with Gasteiger partial charge in [-0.15, -0.1) is 0 Å². The van der Waals surface area contributed by atoms with Crippen molar-refractivity contribution in [3.63, 3.8) is 0 Å².